The van der Waals surface area contributed by atoms with E-state index in [0.29, 0.717) is 0 Å². The third-order valence-electron chi connectivity index (χ3n) is 2.97. The van der Waals surface area contributed by atoms with Gasteiger partial charge >= 0.3 is 0 Å². The highest BCUT2D eigenvalue weighted by Crippen LogP contribution is 2.23. The molecule has 0 N–H and O–H groups in total. The molecule has 1 aliphatic rings. The van der Waals surface area contributed by atoms with Crippen LogP contribution < -0.4 is 0 Å². The average molecular weight is 218 g/mol. The monoisotopic (exact) mass is 218 g/mol. The summed E-state index contributed by atoms with van der Waals surface area (Å²) in [5, 5.41) is 0. The maximum Gasteiger partial charge on any atom is 0.188 e. The summed E-state index contributed by atoms with van der Waals surface area (Å²) in [5.41, 5.74) is 3.54. The normalized spacial score (nSPS) is 14.2. The molecule has 16 heavy (non-hydrogen) atoms. The first-order valence-corrected chi connectivity index (χ1v) is 5.93. The summed E-state index contributed by atoms with van der Waals surface area (Å²) in [6, 6.07) is 6.05. The second-order valence-corrected chi connectivity index (χ2v) is 4.62. The lowest BCUT2D eigenvalue weighted by atomic mass is 10.0. The zero-order valence-electron chi connectivity index (χ0n) is 9.95. The van der Waals surface area contributed by atoms with Crippen LogP contribution in [-0.2, 0) is 17.6 Å². The molecule has 0 aliphatic heterocycles. The molecule has 0 saturated carbocycles. The van der Waals surface area contributed by atoms with Crippen molar-refractivity contribution in [2.75, 3.05) is 6.61 Å². The number of hydrogen-bond donors (Lipinski definition) is 0. The van der Waals surface area contributed by atoms with Gasteiger partial charge in [-0.2, -0.15) is 0 Å². The predicted octanol–water partition coefficient (Wildman–Crippen LogP) is 2.78. The van der Waals surface area contributed by atoms with E-state index < -0.39 is 0 Å². The van der Waals surface area contributed by atoms with Crippen LogP contribution >= 0.6 is 0 Å². The van der Waals surface area contributed by atoms with Crippen LogP contribution in [0.4, 0.5) is 0 Å². The van der Waals surface area contributed by atoms with E-state index in [1.54, 1.807) is 0 Å². The fraction of sp³-hybridized carbons (Fsp3) is 0.500. The van der Waals surface area contributed by atoms with E-state index in [1.165, 1.54) is 17.5 Å². The number of ether oxygens (including phenoxy) is 1. The molecule has 0 amide bonds. The van der Waals surface area contributed by atoms with Gasteiger partial charge in [0, 0.05) is 5.56 Å². The number of carbonyl (C=O) groups excluding carboxylic acids is 1. The minimum absolute atomic E-state index is 0.0865. The lowest BCUT2D eigenvalue weighted by molar-refractivity contribution is 0.0585. The number of rotatable bonds is 4. The van der Waals surface area contributed by atoms with Crippen LogP contribution in [0, 0.1) is 0 Å². The third-order valence-corrected chi connectivity index (χ3v) is 2.97. The zero-order chi connectivity index (χ0) is 11.5. The van der Waals surface area contributed by atoms with E-state index in [9.17, 15) is 4.79 Å². The molecule has 0 radical (unpaired) electrons. The van der Waals surface area contributed by atoms with Gasteiger partial charge in [0.15, 0.2) is 5.78 Å². The number of carbonyl (C=O) groups is 1. The molecule has 86 valence electrons. The first-order chi connectivity index (χ1) is 7.66. The summed E-state index contributed by atoms with van der Waals surface area (Å²) in [7, 11) is 0. The topological polar surface area (TPSA) is 26.3 Å². The molecule has 2 heteroatoms. The highest BCUT2D eigenvalue weighted by molar-refractivity contribution is 5.97. The summed E-state index contributed by atoms with van der Waals surface area (Å²) >= 11 is 0. The second-order valence-electron chi connectivity index (χ2n) is 4.62. The van der Waals surface area contributed by atoms with Crippen molar-refractivity contribution in [3.05, 3.63) is 34.9 Å². The molecule has 0 fully saturated rings. The van der Waals surface area contributed by atoms with Gasteiger partial charge in [-0.25, -0.2) is 0 Å². The Hall–Kier alpha value is -1.15. The lowest BCUT2D eigenvalue weighted by Crippen LogP contribution is -2.13. The molecule has 0 saturated heterocycles. The highest BCUT2D eigenvalue weighted by Gasteiger charge is 2.14. The van der Waals surface area contributed by atoms with Crippen LogP contribution in [-0.4, -0.2) is 18.5 Å². The molecule has 0 heterocycles. The zero-order valence-corrected chi connectivity index (χ0v) is 9.95. The van der Waals surface area contributed by atoms with E-state index >= 15 is 0 Å². The number of ketones is 1. The van der Waals surface area contributed by atoms with Gasteiger partial charge in [-0.05, 0) is 50.3 Å². The van der Waals surface area contributed by atoms with Crippen LogP contribution in [0.1, 0.15) is 41.8 Å². The number of fused-ring (bicyclic) bond motifs is 1. The maximum absolute atomic E-state index is 11.8. The molecule has 1 aromatic rings. The molecule has 0 unspecified atom stereocenters. The van der Waals surface area contributed by atoms with Crippen molar-refractivity contribution < 1.29 is 9.53 Å². The summed E-state index contributed by atoms with van der Waals surface area (Å²) in [6.07, 6.45) is 3.60. The Morgan fingerprint density at radius 1 is 1.31 bits per heavy atom. The van der Waals surface area contributed by atoms with Gasteiger partial charge in [-0.3, -0.25) is 4.79 Å². The molecule has 2 nitrogen and oxygen atoms in total. The molecule has 0 aromatic heterocycles. The van der Waals surface area contributed by atoms with Gasteiger partial charge in [0.05, 0.1) is 6.10 Å². The number of benzene rings is 1. The third kappa shape index (κ3) is 2.50. The number of aryl methyl sites for hydroxylation is 2. The van der Waals surface area contributed by atoms with Gasteiger partial charge in [-0.1, -0.05) is 12.1 Å². The van der Waals surface area contributed by atoms with Crippen molar-refractivity contribution >= 4 is 5.78 Å². The van der Waals surface area contributed by atoms with Gasteiger partial charge in [0.2, 0.25) is 0 Å². The lowest BCUT2D eigenvalue weighted by Gasteiger charge is -2.07. The fourth-order valence-electron chi connectivity index (χ4n) is 2.07. The minimum Gasteiger partial charge on any atom is -0.371 e. The standard InChI is InChI=1S/C14H18O2/c1-10(2)16-9-14(15)13-7-6-11-4-3-5-12(11)8-13/h6-8,10H,3-5,9H2,1-2H3. The Labute approximate surface area is 96.6 Å². The summed E-state index contributed by atoms with van der Waals surface area (Å²) < 4.78 is 5.33. The van der Waals surface area contributed by atoms with E-state index in [-0.39, 0.29) is 18.5 Å². The largest absolute Gasteiger partial charge is 0.371 e. The molecule has 0 atom stereocenters. The van der Waals surface area contributed by atoms with Crippen LogP contribution in [0.5, 0.6) is 0 Å². The van der Waals surface area contributed by atoms with Crippen LogP contribution in [0.2, 0.25) is 0 Å². The Morgan fingerprint density at radius 3 is 2.81 bits per heavy atom. The highest BCUT2D eigenvalue weighted by atomic mass is 16.5. The molecule has 2 rings (SSSR count). The van der Waals surface area contributed by atoms with Crippen molar-refractivity contribution in [1.29, 1.82) is 0 Å². The van der Waals surface area contributed by atoms with Crippen molar-refractivity contribution in [2.24, 2.45) is 0 Å². The molecule has 1 aromatic carbocycles. The van der Waals surface area contributed by atoms with Crippen molar-refractivity contribution in [3.8, 4) is 0 Å². The smallest absolute Gasteiger partial charge is 0.188 e. The summed E-state index contributed by atoms with van der Waals surface area (Å²) in [6.45, 7) is 4.07. The van der Waals surface area contributed by atoms with Crippen molar-refractivity contribution in [2.45, 2.75) is 39.2 Å². The van der Waals surface area contributed by atoms with Crippen molar-refractivity contribution in [1.82, 2.24) is 0 Å². The van der Waals surface area contributed by atoms with Crippen LogP contribution in [0.3, 0.4) is 0 Å². The van der Waals surface area contributed by atoms with E-state index in [1.807, 2.05) is 26.0 Å². The molecular weight excluding hydrogens is 200 g/mol. The summed E-state index contributed by atoms with van der Waals surface area (Å²) in [5.74, 6) is 0.0865. The van der Waals surface area contributed by atoms with E-state index in [2.05, 4.69) is 6.07 Å². The summed E-state index contributed by atoms with van der Waals surface area (Å²) in [4.78, 5) is 11.8. The van der Waals surface area contributed by atoms with E-state index in [0.717, 1.165) is 18.4 Å². The molecular formula is C14H18O2. The van der Waals surface area contributed by atoms with Crippen LogP contribution in [0.15, 0.2) is 18.2 Å². The molecule has 0 bridgehead atoms. The Morgan fingerprint density at radius 2 is 2.06 bits per heavy atom. The number of Topliss-reactive ketones (excluding diaryl/α,β-unsaturated/α-hetero) is 1. The first-order valence-electron chi connectivity index (χ1n) is 5.93. The predicted molar refractivity (Wildman–Crippen MR) is 63.9 cm³/mol. The fourth-order valence-corrected chi connectivity index (χ4v) is 2.07. The first kappa shape index (κ1) is 11.3. The van der Waals surface area contributed by atoms with Crippen molar-refractivity contribution in [3.63, 3.8) is 0 Å². The van der Waals surface area contributed by atoms with Gasteiger partial charge < -0.3 is 4.74 Å². The number of hydrogen-bond acceptors (Lipinski definition) is 2. The Bertz CT molecular complexity index is 394. The van der Waals surface area contributed by atoms with Gasteiger partial charge in [0.1, 0.15) is 6.61 Å². The minimum atomic E-state index is 0.0865. The Balaban J connectivity index is 2.06. The van der Waals surface area contributed by atoms with Gasteiger partial charge in [0.25, 0.3) is 0 Å². The van der Waals surface area contributed by atoms with Crippen LogP contribution in [0.25, 0.3) is 0 Å². The SMILES string of the molecule is CC(C)OCC(=O)c1ccc2c(c1)CCC2. The van der Waals surface area contributed by atoms with E-state index in [4.69, 9.17) is 4.74 Å². The van der Waals surface area contributed by atoms with Gasteiger partial charge in [-0.15, -0.1) is 0 Å². The quantitative estimate of drug-likeness (QED) is 0.726. The molecule has 1 aliphatic carbocycles. The average Bonchev–Trinajstić information content (AvgIpc) is 2.72. The maximum atomic E-state index is 11.8. The second kappa shape index (κ2) is 4.79. The molecule has 0 spiro atoms. The Kier molecular flexibility index (Phi) is 3.39.